The molecule has 1 aromatic carbocycles. The summed E-state index contributed by atoms with van der Waals surface area (Å²) in [5.41, 5.74) is 2.73. The summed E-state index contributed by atoms with van der Waals surface area (Å²) in [4.78, 5) is 25.7. The Hall–Kier alpha value is -3.42. The number of anilines is 3. The first kappa shape index (κ1) is 18.9. The number of aromatic nitrogens is 3. The second-order valence-electron chi connectivity index (χ2n) is 7.22. The number of rotatable bonds is 4. The first-order valence-electron chi connectivity index (χ1n) is 9.64. The van der Waals surface area contributed by atoms with E-state index in [-0.39, 0.29) is 5.91 Å². The SMILES string of the molecule is Cc1ccc(Nc2cc(N3CCN(C(=O)c4cnoc4C)CC3)nc(C)n2)cc1. The summed E-state index contributed by atoms with van der Waals surface area (Å²) in [5.74, 6) is 2.84. The van der Waals surface area contributed by atoms with Crippen molar-refractivity contribution < 1.29 is 9.32 Å². The Morgan fingerprint density at radius 3 is 2.41 bits per heavy atom. The highest BCUT2D eigenvalue weighted by molar-refractivity contribution is 5.94. The monoisotopic (exact) mass is 392 g/mol. The molecule has 1 amide bonds. The van der Waals surface area contributed by atoms with Crippen LogP contribution >= 0.6 is 0 Å². The van der Waals surface area contributed by atoms with Crippen molar-refractivity contribution >= 4 is 23.2 Å². The Balaban J connectivity index is 1.44. The van der Waals surface area contributed by atoms with Crippen LogP contribution in [0.4, 0.5) is 17.3 Å². The molecule has 150 valence electrons. The minimum absolute atomic E-state index is 0.0380. The van der Waals surface area contributed by atoms with Crippen LogP contribution in [0.15, 0.2) is 41.1 Å². The zero-order valence-electron chi connectivity index (χ0n) is 16.8. The molecular formula is C21H24N6O2. The standard InChI is InChI=1S/C21H24N6O2/c1-14-4-6-17(7-5-14)25-19-12-20(24-16(3)23-19)26-8-10-27(11-9-26)21(28)18-13-22-29-15(18)2/h4-7,12-13H,8-11H2,1-3H3,(H,23,24,25). The van der Waals surface area contributed by atoms with Crippen molar-refractivity contribution in [2.45, 2.75) is 20.8 Å². The minimum Gasteiger partial charge on any atom is -0.361 e. The van der Waals surface area contributed by atoms with Gasteiger partial charge in [0.05, 0.1) is 6.20 Å². The summed E-state index contributed by atoms with van der Waals surface area (Å²) in [7, 11) is 0. The van der Waals surface area contributed by atoms with E-state index >= 15 is 0 Å². The van der Waals surface area contributed by atoms with Gasteiger partial charge in [-0.25, -0.2) is 9.97 Å². The molecule has 0 saturated carbocycles. The maximum atomic E-state index is 12.6. The average molecular weight is 392 g/mol. The number of piperazine rings is 1. The van der Waals surface area contributed by atoms with Gasteiger partial charge in [0.25, 0.3) is 5.91 Å². The van der Waals surface area contributed by atoms with Crippen LogP contribution in [0.25, 0.3) is 0 Å². The van der Waals surface area contributed by atoms with Gasteiger partial charge >= 0.3 is 0 Å². The first-order chi connectivity index (χ1) is 14.0. The number of nitrogens with zero attached hydrogens (tertiary/aromatic N) is 5. The van der Waals surface area contributed by atoms with E-state index in [1.165, 1.54) is 11.8 Å². The van der Waals surface area contributed by atoms with Crippen LogP contribution in [0, 0.1) is 20.8 Å². The third-order valence-corrected chi connectivity index (χ3v) is 5.02. The summed E-state index contributed by atoms with van der Waals surface area (Å²) in [5, 5.41) is 7.05. The van der Waals surface area contributed by atoms with E-state index in [9.17, 15) is 4.79 Å². The fourth-order valence-corrected chi connectivity index (χ4v) is 3.38. The molecule has 0 unspecified atom stereocenters. The van der Waals surface area contributed by atoms with Crippen molar-refractivity contribution in [3.63, 3.8) is 0 Å². The molecule has 1 aliphatic heterocycles. The third kappa shape index (κ3) is 4.21. The van der Waals surface area contributed by atoms with E-state index in [1.807, 2.05) is 30.0 Å². The first-order valence-corrected chi connectivity index (χ1v) is 9.64. The molecule has 3 heterocycles. The number of carbonyl (C=O) groups excluding carboxylic acids is 1. The largest absolute Gasteiger partial charge is 0.361 e. The maximum Gasteiger partial charge on any atom is 0.259 e. The lowest BCUT2D eigenvalue weighted by Crippen LogP contribution is -2.49. The van der Waals surface area contributed by atoms with Crippen molar-refractivity contribution in [1.82, 2.24) is 20.0 Å². The molecule has 1 fully saturated rings. The molecule has 0 radical (unpaired) electrons. The van der Waals surface area contributed by atoms with Crippen molar-refractivity contribution in [1.29, 1.82) is 0 Å². The van der Waals surface area contributed by atoms with Crippen LogP contribution in [0.5, 0.6) is 0 Å². The van der Waals surface area contributed by atoms with E-state index < -0.39 is 0 Å². The highest BCUT2D eigenvalue weighted by Crippen LogP contribution is 2.22. The molecule has 8 nitrogen and oxygen atoms in total. The number of nitrogens with one attached hydrogen (secondary N) is 1. The molecule has 0 atom stereocenters. The Morgan fingerprint density at radius 2 is 1.76 bits per heavy atom. The number of carbonyl (C=O) groups is 1. The van der Waals surface area contributed by atoms with Crippen LogP contribution < -0.4 is 10.2 Å². The molecule has 8 heteroatoms. The van der Waals surface area contributed by atoms with Gasteiger partial charge in [-0.2, -0.15) is 0 Å². The van der Waals surface area contributed by atoms with E-state index in [1.54, 1.807) is 6.92 Å². The molecule has 0 bridgehead atoms. The van der Waals surface area contributed by atoms with Crippen LogP contribution in [0.2, 0.25) is 0 Å². The van der Waals surface area contributed by atoms with Crippen molar-refractivity contribution in [3.05, 3.63) is 59.2 Å². The highest BCUT2D eigenvalue weighted by atomic mass is 16.5. The number of aryl methyl sites for hydroxylation is 3. The predicted octanol–water partition coefficient (Wildman–Crippen LogP) is 3.10. The fraction of sp³-hybridized carbons (Fsp3) is 0.333. The number of amides is 1. The Kier molecular flexibility index (Phi) is 5.16. The van der Waals surface area contributed by atoms with Gasteiger partial charge in [0.15, 0.2) is 0 Å². The maximum absolute atomic E-state index is 12.6. The molecular weight excluding hydrogens is 368 g/mol. The predicted molar refractivity (Wildman–Crippen MR) is 111 cm³/mol. The fourth-order valence-electron chi connectivity index (χ4n) is 3.38. The molecule has 2 aromatic heterocycles. The van der Waals surface area contributed by atoms with Gasteiger partial charge in [-0.3, -0.25) is 4.79 Å². The lowest BCUT2D eigenvalue weighted by molar-refractivity contribution is 0.0744. The van der Waals surface area contributed by atoms with Crippen LogP contribution in [0.3, 0.4) is 0 Å². The summed E-state index contributed by atoms with van der Waals surface area (Å²) < 4.78 is 5.02. The topological polar surface area (TPSA) is 87.4 Å². The summed E-state index contributed by atoms with van der Waals surface area (Å²) in [6.45, 7) is 8.35. The van der Waals surface area contributed by atoms with Gasteiger partial charge < -0.3 is 19.6 Å². The highest BCUT2D eigenvalue weighted by Gasteiger charge is 2.25. The Labute approximate surface area is 169 Å². The molecule has 1 N–H and O–H groups in total. The second-order valence-corrected chi connectivity index (χ2v) is 7.22. The lowest BCUT2D eigenvalue weighted by Gasteiger charge is -2.35. The van der Waals surface area contributed by atoms with E-state index in [0.29, 0.717) is 43.3 Å². The lowest BCUT2D eigenvalue weighted by atomic mass is 10.2. The molecule has 0 spiro atoms. The minimum atomic E-state index is -0.0380. The molecule has 4 rings (SSSR count). The van der Waals surface area contributed by atoms with Crippen LogP contribution in [-0.4, -0.2) is 52.1 Å². The van der Waals surface area contributed by atoms with Crippen LogP contribution in [0.1, 0.15) is 27.5 Å². The number of hydrogen-bond acceptors (Lipinski definition) is 7. The van der Waals surface area contributed by atoms with Crippen molar-refractivity contribution in [3.8, 4) is 0 Å². The number of benzene rings is 1. The quantitative estimate of drug-likeness (QED) is 0.730. The molecule has 1 saturated heterocycles. The molecule has 29 heavy (non-hydrogen) atoms. The molecule has 1 aliphatic rings. The number of hydrogen-bond donors (Lipinski definition) is 1. The van der Waals surface area contributed by atoms with E-state index in [2.05, 4.69) is 44.4 Å². The van der Waals surface area contributed by atoms with Gasteiger partial charge in [0.1, 0.15) is 28.8 Å². The Morgan fingerprint density at radius 1 is 1.03 bits per heavy atom. The summed E-state index contributed by atoms with van der Waals surface area (Å²) in [6.07, 6.45) is 1.49. The van der Waals surface area contributed by atoms with Gasteiger partial charge in [0.2, 0.25) is 0 Å². The van der Waals surface area contributed by atoms with E-state index in [4.69, 9.17) is 4.52 Å². The zero-order valence-corrected chi connectivity index (χ0v) is 16.8. The van der Waals surface area contributed by atoms with Crippen molar-refractivity contribution in [2.24, 2.45) is 0 Å². The van der Waals surface area contributed by atoms with Crippen molar-refractivity contribution in [2.75, 3.05) is 36.4 Å². The normalized spacial score (nSPS) is 14.2. The van der Waals surface area contributed by atoms with E-state index in [0.717, 1.165) is 17.3 Å². The molecule has 0 aliphatic carbocycles. The Bertz CT molecular complexity index is 1010. The second kappa shape index (κ2) is 7.90. The van der Waals surface area contributed by atoms with Crippen LogP contribution in [-0.2, 0) is 0 Å². The van der Waals surface area contributed by atoms with Gasteiger partial charge in [0, 0.05) is 37.9 Å². The summed E-state index contributed by atoms with van der Waals surface area (Å²) in [6, 6.07) is 10.1. The molecule has 3 aromatic rings. The zero-order chi connectivity index (χ0) is 20.4. The van der Waals surface area contributed by atoms with Gasteiger partial charge in [-0.05, 0) is 32.9 Å². The third-order valence-electron chi connectivity index (χ3n) is 5.02. The summed E-state index contributed by atoms with van der Waals surface area (Å²) >= 11 is 0. The van der Waals surface area contributed by atoms with Gasteiger partial charge in [-0.15, -0.1) is 0 Å². The smallest absolute Gasteiger partial charge is 0.259 e. The van der Waals surface area contributed by atoms with Gasteiger partial charge in [-0.1, -0.05) is 22.9 Å². The average Bonchev–Trinajstić information content (AvgIpc) is 3.15.